The van der Waals surface area contributed by atoms with Gasteiger partial charge in [-0.1, -0.05) is 0 Å². The van der Waals surface area contributed by atoms with Crippen LogP contribution in [0.4, 0.5) is 0 Å². The predicted molar refractivity (Wildman–Crippen MR) is 78.1 cm³/mol. The molecule has 6 heteroatoms. The van der Waals surface area contributed by atoms with E-state index in [4.69, 9.17) is 14.6 Å². The second kappa shape index (κ2) is 5.05. The lowest BCUT2D eigenvalue weighted by atomic mass is 9.98. The van der Waals surface area contributed by atoms with Gasteiger partial charge in [-0.05, 0) is 24.6 Å². The second-order valence-electron chi connectivity index (χ2n) is 5.62. The summed E-state index contributed by atoms with van der Waals surface area (Å²) in [6, 6.07) is 5.77. The zero-order valence-corrected chi connectivity index (χ0v) is 12.0. The van der Waals surface area contributed by atoms with Crippen molar-refractivity contribution >= 4 is 5.97 Å². The highest BCUT2D eigenvalue weighted by molar-refractivity contribution is 5.70. The van der Waals surface area contributed by atoms with Crippen LogP contribution in [0.2, 0.25) is 0 Å². The third kappa shape index (κ3) is 2.20. The van der Waals surface area contributed by atoms with E-state index in [0.717, 1.165) is 28.6 Å². The van der Waals surface area contributed by atoms with E-state index in [9.17, 15) is 4.79 Å². The molecule has 0 radical (unpaired) electrons. The van der Waals surface area contributed by atoms with E-state index in [1.165, 1.54) is 0 Å². The number of carboxylic acids is 1. The molecule has 0 amide bonds. The van der Waals surface area contributed by atoms with Gasteiger partial charge in [-0.25, -0.2) is 4.98 Å². The highest BCUT2D eigenvalue weighted by atomic mass is 16.6. The monoisotopic (exact) mass is 300 g/mol. The summed E-state index contributed by atoms with van der Waals surface area (Å²) >= 11 is 0. The molecule has 1 unspecified atom stereocenters. The third-order valence-corrected chi connectivity index (χ3v) is 4.19. The lowest BCUT2D eigenvalue weighted by Crippen LogP contribution is -2.25. The lowest BCUT2D eigenvalue weighted by molar-refractivity contribution is -0.142. The van der Waals surface area contributed by atoms with Gasteiger partial charge in [0.1, 0.15) is 19.0 Å². The van der Waals surface area contributed by atoms with Gasteiger partial charge in [-0.2, -0.15) is 0 Å². The van der Waals surface area contributed by atoms with Gasteiger partial charge in [-0.15, -0.1) is 0 Å². The van der Waals surface area contributed by atoms with E-state index in [-0.39, 0.29) is 5.92 Å². The average molecular weight is 300 g/mol. The number of hydrogen-bond acceptors (Lipinski definition) is 4. The number of carbonyl (C=O) groups is 1. The van der Waals surface area contributed by atoms with Crippen molar-refractivity contribution < 1.29 is 19.4 Å². The lowest BCUT2D eigenvalue weighted by Gasteiger charge is -2.19. The molecular weight excluding hydrogens is 284 g/mol. The van der Waals surface area contributed by atoms with Crippen molar-refractivity contribution in [2.45, 2.75) is 19.4 Å². The topological polar surface area (TPSA) is 73.6 Å². The molecule has 1 N–H and O–H groups in total. The Morgan fingerprint density at radius 3 is 2.91 bits per heavy atom. The quantitative estimate of drug-likeness (QED) is 0.918. The maximum absolute atomic E-state index is 11.1. The number of carboxylic acid groups (broad SMARTS) is 1. The molecule has 1 aromatic heterocycles. The standard InChI is InChI=1S/C16H16N2O4/c19-16(20)11-3-4-18-9-12(17-15(18)8-11)10-1-2-13-14(7-10)22-6-5-21-13/h1-2,7,9,11H,3-6,8H2,(H,19,20). The summed E-state index contributed by atoms with van der Waals surface area (Å²) in [5.74, 6) is 1.25. The number of fused-ring (bicyclic) bond motifs is 2. The number of ether oxygens (including phenoxy) is 2. The Balaban J connectivity index is 1.66. The molecule has 22 heavy (non-hydrogen) atoms. The first-order chi connectivity index (χ1) is 10.7. The van der Waals surface area contributed by atoms with E-state index in [1.54, 1.807) is 0 Å². The molecule has 4 rings (SSSR count). The van der Waals surface area contributed by atoms with Gasteiger partial charge in [0.2, 0.25) is 0 Å². The van der Waals surface area contributed by atoms with Crippen LogP contribution in [0.25, 0.3) is 11.3 Å². The zero-order chi connectivity index (χ0) is 15.1. The number of benzene rings is 1. The fourth-order valence-corrected chi connectivity index (χ4v) is 2.98. The summed E-state index contributed by atoms with van der Waals surface area (Å²) in [6.07, 6.45) is 3.12. The fraction of sp³-hybridized carbons (Fsp3) is 0.375. The maximum Gasteiger partial charge on any atom is 0.307 e. The summed E-state index contributed by atoms with van der Waals surface area (Å²) < 4.78 is 13.2. The Labute approximate surface area is 127 Å². The maximum atomic E-state index is 11.1. The van der Waals surface area contributed by atoms with E-state index in [1.807, 2.05) is 29.0 Å². The molecule has 114 valence electrons. The van der Waals surface area contributed by atoms with Crippen molar-refractivity contribution in [2.75, 3.05) is 13.2 Å². The number of aliphatic carboxylic acids is 1. The highest BCUT2D eigenvalue weighted by Crippen LogP contribution is 2.34. The van der Waals surface area contributed by atoms with E-state index < -0.39 is 5.97 Å². The predicted octanol–water partition coefficient (Wildman–Crippen LogP) is 1.97. The summed E-state index contributed by atoms with van der Waals surface area (Å²) in [6.45, 7) is 1.82. The number of aromatic nitrogens is 2. The molecule has 0 saturated heterocycles. The first-order valence-corrected chi connectivity index (χ1v) is 7.39. The van der Waals surface area contributed by atoms with E-state index >= 15 is 0 Å². The van der Waals surface area contributed by atoms with Crippen LogP contribution in [0.1, 0.15) is 12.2 Å². The van der Waals surface area contributed by atoms with Crippen molar-refractivity contribution in [1.29, 1.82) is 0 Å². The molecule has 2 aliphatic rings. The van der Waals surface area contributed by atoms with Gasteiger partial charge in [0, 0.05) is 24.7 Å². The SMILES string of the molecule is O=C(O)C1CCn2cc(-c3ccc4c(c3)OCCO4)nc2C1. The second-order valence-corrected chi connectivity index (χ2v) is 5.62. The van der Waals surface area contributed by atoms with Gasteiger partial charge in [-0.3, -0.25) is 4.79 Å². The van der Waals surface area contributed by atoms with Crippen LogP contribution in [0.3, 0.4) is 0 Å². The molecule has 6 nitrogen and oxygen atoms in total. The van der Waals surface area contributed by atoms with Crippen molar-refractivity contribution in [2.24, 2.45) is 5.92 Å². The fourth-order valence-electron chi connectivity index (χ4n) is 2.98. The smallest absolute Gasteiger partial charge is 0.307 e. The number of rotatable bonds is 2. The molecule has 2 aromatic rings. The van der Waals surface area contributed by atoms with E-state index in [0.29, 0.717) is 32.6 Å². The Morgan fingerprint density at radius 1 is 1.27 bits per heavy atom. The first kappa shape index (κ1) is 13.2. The Morgan fingerprint density at radius 2 is 2.09 bits per heavy atom. The molecule has 1 atom stereocenters. The van der Waals surface area contributed by atoms with Crippen LogP contribution in [0, 0.1) is 5.92 Å². The average Bonchev–Trinajstić information content (AvgIpc) is 2.97. The molecule has 0 spiro atoms. The third-order valence-electron chi connectivity index (χ3n) is 4.19. The molecule has 1 aromatic carbocycles. The van der Waals surface area contributed by atoms with Crippen molar-refractivity contribution in [3.05, 3.63) is 30.2 Å². The Bertz CT molecular complexity index is 738. The van der Waals surface area contributed by atoms with Gasteiger partial charge in [0.15, 0.2) is 11.5 Å². The molecule has 0 bridgehead atoms. The van der Waals surface area contributed by atoms with Crippen LogP contribution in [-0.2, 0) is 17.8 Å². The van der Waals surface area contributed by atoms with Crippen molar-refractivity contribution in [3.8, 4) is 22.8 Å². The van der Waals surface area contributed by atoms with Gasteiger partial charge in [0.05, 0.1) is 11.6 Å². The van der Waals surface area contributed by atoms with Crippen LogP contribution in [0.15, 0.2) is 24.4 Å². The zero-order valence-electron chi connectivity index (χ0n) is 12.0. The van der Waals surface area contributed by atoms with Crippen LogP contribution < -0.4 is 9.47 Å². The largest absolute Gasteiger partial charge is 0.486 e. The van der Waals surface area contributed by atoms with Crippen molar-refractivity contribution in [1.82, 2.24) is 9.55 Å². The summed E-state index contributed by atoms with van der Waals surface area (Å²) in [5.41, 5.74) is 1.80. The van der Waals surface area contributed by atoms with Crippen LogP contribution >= 0.6 is 0 Å². The number of nitrogens with zero attached hydrogens (tertiary/aromatic N) is 2. The van der Waals surface area contributed by atoms with E-state index in [2.05, 4.69) is 4.98 Å². The van der Waals surface area contributed by atoms with Crippen LogP contribution in [-0.4, -0.2) is 33.8 Å². The highest BCUT2D eigenvalue weighted by Gasteiger charge is 2.26. The van der Waals surface area contributed by atoms with Crippen LogP contribution in [0.5, 0.6) is 11.5 Å². The molecule has 3 heterocycles. The number of imidazole rings is 1. The Hall–Kier alpha value is -2.50. The number of hydrogen-bond donors (Lipinski definition) is 1. The van der Waals surface area contributed by atoms with Crippen molar-refractivity contribution in [3.63, 3.8) is 0 Å². The summed E-state index contributed by atoms with van der Waals surface area (Å²) in [5, 5.41) is 9.15. The van der Waals surface area contributed by atoms with Gasteiger partial charge in [0.25, 0.3) is 0 Å². The normalized spacial score (nSPS) is 19.5. The van der Waals surface area contributed by atoms with Gasteiger partial charge < -0.3 is 19.1 Å². The Kier molecular flexibility index (Phi) is 3.03. The molecule has 2 aliphatic heterocycles. The molecule has 0 aliphatic carbocycles. The number of aryl methyl sites for hydroxylation is 1. The summed E-state index contributed by atoms with van der Waals surface area (Å²) in [4.78, 5) is 15.7. The first-order valence-electron chi connectivity index (χ1n) is 7.39. The minimum atomic E-state index is -0.741. The minimum absolute atomic E-state index is 0.331. The molecule has 0 fully saturated rings. The minimum Gasteiger partial charge on any atom is -0.486 e. The molecular formula is C16H16N2O4. The summed E-state index contributed by atoms with van der Waals surface area (Å²) in [7, 11) is 0. The molecule has 0 saturated carbocycles. The van der Waals surface area contributed by atoms with Gasteiger partial charge >= 0.3 is 5.97 Å².